The highest BCUT2D eigenvalue weighted by Crippen LogP contribution is 2.27. The van der Waals surface area contributed by atoms with E-state index in [1.807, 2.05) is 11.7 Å². The Morgan fingerprint density at radius 1 is 1.35 bits per heavy atom. The second-order valence-corrected chi connectivity index (χ2v) is 7.66. The first kappa shape index (κ1) is 23.2. The van der Waals surface area contributed by atoms with Crippen LogP contribution in [0.25, 0.3) is 0 Å². The van der Waals surface area contributed by atoms with Gasteiger partial charge in [-0.15, -0.1) is 24.0 Å². The highest BCUT2D eigenvalue weighted by atomic mass is 127. The van der Waals surface area contributed by atoms with E-state index in [0.29, 0.717) is 12.0 Å². The van der Waals surface area contributed by atoms with Crippen LogP contribution in [0.2, 0.25) is 0 Å². The van der Waals surface area contributed by atoms with Crippen LogP contribution in [0.4, 0.5) is 0 Å². The summed E-state index contributed by atoms with van der Waals surface area (Å²) in [6.07, 6.45) is 4.80. The van der Waals surface area contributed by atoms with Crippen molar-refractivity contribution in [1.82, 2.24) is 24.9 Å². The van der Waals surface area contributed by atoms with E-state index in [4.69, 9.17) is 4.99 Å². The summed E-state index contributed by atoms with van der Waals surface area (Å²) in [4.78, 5) is 9.55. The number of hydrogen-bond donors (Lipinski definition) is 1. The number of hydrogen-bond acceptors (Lipinski definition) is 3. The Hall–Kier alpha value is -0.830. The molecule has 6 nitrogen and oxygen atoms in total. The first-order valence-corrected chi connectivity index (χ1v) is 9.57. The maximum atomic E-state index is 4.88. The average molecular weight is 476 g/mol. The summed E-state index contributed by atoms with van der Waals surface area (Å²) in [6.45, 7) is 11.3. The number of aromatic nitrogens is 2. The summed E-state index contributed by atoms with van der Waals surface area (Å²) < 4.78 is 1.91. The molecule has 0 spiro atoms. The second-order valence-electron chi connectivity index (χ2n) is 7.66. The highest BCUT2D eigenvalue weighted by Gasteiger charge is 2.29. The van der Waals surface area contributed by atoms with Gasteiger partial charge in [0.05, 0.1) is 12.2 Å². The molecule has 1 atom stereocenters. The Bertz CT molecular complexity index is 579. The monoisotopic (exact) mass is 476 g/mol. The summed E-state index contributed by atoms with van der Waals surface area (Å²) in [5, 5.41) is 8.04. The SMILES string of the molecule is CCNC(=NCC(C)N(C)C1CC1)N(C)Cc1cn(C)nc1C(C)C.I. The van der Waals surface area contributed by atoms with E-state index < -0.39 is 0 Å². The summed E-state index contributed by atoms with van der Waals surface area (Å²) >= 11 is 0. The Kier molecular flexibility index (Phi) is 9.36. The molecule has 0 bridgehead atoms. The zero-order valence-electron chi connectivity index (χ0n) is 17.5. The number of likely N-dealkylation sites (N-methyl/N-ethyl adjacent to an activating group) is 1. The molecule has 0 aliphatic heterocycles. The van der Waals surface area contributed by atoms with E-state index in [0.717, 1.165) is 31.6 Å². The molecule has 1 aliphatic carbocycles. The van der Waals surface area contributed by atoms with Crippen LogP contribution in [-0.4, -0.2) is 64.8 Å². The lowest BCUT2D eigenvalue weighted by Crippen LogP contribution is -2.40. The van der Waals surface area contributed by atoms with Crippen molar-refractivity contribution in [3.63, 3.8) is 0 Å². The van der Waals surface area contributed by atoms with Crippen molar-refractivity contribution in [1.29, 1.82) is 0 Å². The van der Waals surface area contributed by atoms with Gasteiger partial charge < -0.3 is 10.2 Å². The van der Waals surface area contributed by atoms with E-state index in [2.05, 4.69) is 68.2 Å². The number of nitrogens with one attached hydrogen (secondary N) is 1. The van der Waals surface area contributed by atoms with Gasteiger partial charge in [-0.2, -0.15) is 5.10 Å². The number of aliphatic imine (C=N–C) groups is 1. The van der Waals surface area contributed by atoms with Crippen LogP contribution < -0.4 is 5.32 Å². The van der Waals surface area contributed by atoms with Gasteiger partial charge in [-0.1, -0.05) is 13.8 Å². The molecule has 1 aromatic rings. The quantitative estimate of drug-likeness (QED) is 0.356. The molecule has 26 heavy (non-hydrogen) atoms. The van der Waals surface area contributed by atoms with Gasteiger partial charge in [0.1, 0.15) is 0 Å². The number of aryl methyl sites for hydroxylation is 1. The zero-order valence-corrected chi connectivity index (χ0v) is 19.8. The van der Waals surface area contributed by atoms with Crippen LogP contribution in [0, 0.1) is 0 Å². The van der Waals surface area contributed by atoms with Crippen molar-refractivity contribution in [2.24, 2.45) is 12.0 Å². The first-order valence-electron chi connectivity index (χ1n) is 9.57. The standard InChI is InChI=1S/C19H36N6.HI/c1-8-20-19(21-11-15(4)25(7)17-9-10-17)23(5)12-16-13-24(6)22-18(16)14(2)3;/h13-15,17H,8-12H2,1-7H3,(H,20,21);1H. The molecule has 0 saturated heterocycles. The zero-order chi connectivity index (χ0) is 18.6. The normalized spacial score (nSPS) is 16.0. The van der Waals surface area contributed by atoms with E-state index in [1.54, 1.807) is 0 Å². The molecule has 1 heterocycles. The molecular weight excluding hydrogens is 439 g/mol. The maximum Gasteiger partial charge on any atom is 0.194 e. The van der Waals surface area contributed by atoms with E-state index in [-0.39, 0.29) is 24.0 Å². The van der Waals surface area contributed by atoms with Crippen molar-refractivity contribution in [2.75, 3.05) is 27.2 Å². The van der Waals surface area contributed by atoms with Gasteiger partial charge in [-0.05, 0) is 39.7 Å². The number of halogens is 1. The van der Waals surface area contributed by atoms with E-state index >= 15 is 0 Å². The fraction of sp³-hybridized carbons (Fsp3) is 0.789. The van der Waals surface area contributed by atoms with Gasteiger partial charge in [0.15, 0.2) is 5.96 Å². The van der Waals surface area contributed by atoms with Crippen LogP contribution in [0.3, 0.4) is 0 Å². The minimum Gasteiger partial charge on any atom is -0.357 e. The molecular formula is C19H37IN6. The molecule has 1 N–H and O–H groups in total. The molecule has 0 radical (unpaired) electrons. The molecule has 1 aliphatic rings. The van der Waals surface area contributed by atoms with E-state index in [1.165, 1.54) is 24.1 Å². The van der Waals surface area contributed by atoms with Crippen LogP contribution in [-0.2, 0) is 13.6 Å². The molecule has 0 amide bonds. The predicted molar refractivity (Wildman–Crippen MR) is 120 cm³/mol. The summed E-state index contributed by atoms with van der Waals surface area (Å²) in [6, 6.07) is 1.24. The minimum absolute atomic E-state index is 0. The lowest BCUT2D eigenvalue weighted by molar-refractivity contribution is 0.252. The topological polar surface area (TPSA) is 48.7 Å². The van der Waals surface area contributed by atoms with Gasteiger partial charge >= 0.3 is 0 Å². The van der Waals surface area contributed by atoms with Crippen LogP contribution in [0.15, 0.2) is 11.2 Å². The number of guanidine groups is 1. The predicted octanol–water partition coefficient (Wildman–Crippen LogP) is 3.04. The van der Waals surface area contributed by atoms with Crippen molar-refractivity contribution in [2.45, 2.75) is 65.1 Å². The molecule has 1 saturated carbocycles. The van der Waals surface area contributed by atoms with Gasteiger partial charge in [0, 0.05) is 51.0 Å². The molecule has 1 unspecified atom stereocenters. The number of nitrogens with zero attached hydrogens (tertiary/aromatic N) is 5. The largest absolute Gasteiger partial charge is 0.357 e. The van der Waals surface area contributed by atoms with Gasteiger partial charge in [0.25, 0.3) is 0 Å². The van der Waals surface area contributed by atoms with Crippen molar-refractivity contribution >= 4 is 29.9 Å². The molecule has 1 aromatic heterocycles. The third kappa shape index (κ3) is 6.40. The fourth-order valence-corrected chi connectivity index (χ4v) is 3.15. The fourth-order valence-electron chi connectivity index (χ4n) is 3.15. The lowest BCUT2D eigenvalue weighted by Gasteiger charge is -2.26. The Balaban J connectivity index is 0.00000338. The smallest absolute Gasteiger partial charge is 0.194 e. The average Bonchev–Trinajstić information content (AvgIpc) is 3.33. The molecule has 150 valence electrons. The van der Waals surface area contributed by atoms with Gasteiger partial charge in [-0.3, -0.25) is 14.6 Å². The summed E-state index contributed by atoms with van der Waals surface area (Å²) in [5.74, 6) is 1.40. The Morgan fingerprint density at radius 2 is 2.00 bits per heavy atom. The Labute approximate surface area is 176 Å². The highest BCUT2D eigenvalue weighted by molar-refractivity contribution is 14.0. The Morgan fingerprint density at radius 3 is 2.54 bits per heavy atom. The summed E-state index contributed by atoms with van der Waals surface area (Å²) in [7, 11) is 6.32. The molecule has 0 aromatic carbocycles. The van der Waals surface area contributed by atoms with Gasteiger partial charge in [0.2, 0.25) is 0 Å². The molecule has 2 rings (SSSR count). The maximum absolute atomic E-state index is 4.88. The lowest BCUT2D eigenvalue weighted by atomic mass is 10.1. The van der Waals surface area contributed by atoms with Crippen molar-refractivity contribution in [3.8, 4) is 0 Å². The van der Waals surface area contributed by atoms with Crippen molar-refractivity contribution in [3.05, 3.63) is 17.5 Å². The van der Waals surface area contributed by atoms with Gasteiger partial charge in [-0.25, -0.2) is 0 Å². The van der Waals surface area contributed by atoms with Crippen LogP contribution in [0.5, 0.6) is 0 Å². The van der Waals surface area contributed by atoms with Crippen LogP contribution >= 0.6 is 24.0 Å². The second kappa shape index (κ2) is 10.5. The van der Waals surface area contributed by atoms with E-state index in [9.17, 15) is 0 Å². The first-order chi connectivity index (χ1) is 11.8. The van der Waals surface area contributed by atoms with Crippen molar-refractivity contribution < 1.29 is 0 Å². The third-order valence-corrected chi connectivity index (χ3v) is 4.91. The molecule has 1 fully saturated rings. The minimum atomic E-state index is 0. The third-order valence-electron chi connectivity index (χ3n) is 4.91. The molecule has 7 heteroatoms. The van der Waals surface area contributed by atoms with Crippen LogP contribution in [0.1, 0.15) is 57.7 Å². The summed E-state index contributed by atoms with van der Waals surface area (Å²) in [5.41, 5.74) is 2.45. The number of rotatable bonds is 8.